The highest BCUT2D eigenvalue weighted by atomic mass is 35.5. The van der Waals surface area contributed by atoms with E-state index in [-0.39, 0.29) is 24.0 Å². The van der Waals surface area contributed by atoms with Gasteiger partial charge in [-0.25, -0.2) is 4.68 Å². The van der Waals surface area contributed by atoms with E-state index in [1.165, 1.54) is 0 Å². The molecule has 1 aromatic heterocycles. The maximum atomic E-state index is 12.2. The predicted octanol–water partition coefficient (Wildman–Crippen LogP) is 1.44. The summed E-state index contributed by atoms with van der Waals surface area (Å²) in [6.07, 6.45) is 3.62. The molecule has 0 unspecified atom stereocenters. The van der Waals surface area contributed by atoms with E-state index in [0.717, 1.165) is 18.7 Å². The lowest BCUT2D eigenvalue weighted by Gasteiger charge is -2.32. The average Bonchev–Trinajstić information content (AvgIpc) is 3.05. The van der Waals surface area contributed by atoms with Crippen molar-refractivity contribution in [3.05, 3.63) is 46.7 Å². The summed E-state index contributed by atoms with van der Waals surface area (Å²) in [5.74, 6) is -0.266. The quantitative estimate of drug-likeness (QED) is 0.683. The van der Waals surface area contributed by atoms with Crippen molar-refractivity contribution < 1.29 is 9.90 Å². The molecule has 9 heteroatoms. The zero-order valence-electron chi connectivity index (χ0n) is 14.3. The molecule has 0 saturated carbocycles. The molecule has 26 heavy (non-hydrogen) atoms. The second-order valence-electron chi connectivity index (χ2n) is 6.41. The smallest absolute Gasteiger partial charge is 0.273 e. The number of aromatic nitrogens is 3. The average molecular weight is 400 g/mol. The SMILES string of the molecule is Cl.O=C(NCCc1ccc(Cl)cc1)c1cn(CC2(O)CCNCC2)nn1. The van der Waals surface area contributed by atoms with Crippen LogP contribution in [0.25, 0.3) is 0 Å². The number of nitrogens with one attached hydrogen (secondary N) is 2. The topological polar surface area (TPSA) is 92.1 Å². The van der Waals surface area contributed by atoms with Gasteiger partial charge in [-0.2, -0.15) is 0 Å². The number of rotatable bonds is 6. The van der Waals surface area contributed by atoms with Crippen LogP contribution in [0.15, 0.2) is 30.5 Å². The number of piperidine rings is 1. The highest BCUT2D eigenvalue weighted by Gasteiger charge is 2.30. The summed E-state index contributed by atoms with van der Waals surface area (Å²) in [5.41, 5.74) is 0.566. The lowest BCUT2D eigenvalue weighted by atomic mass is 9.92. The van der Waals surface area contributed by atoms with E-state index < -0.39 is 5.60 Å². The lowest BCUT2D eigenvalue weighted by Crippen LogP contribution is -2.44. The predicted molar refractivity (Wildman–Crippen MR) is 102 cm³/mol. The van der Waals surface area contributed by atoms with Crippen molar-refractivity contribution in [2.45, 2.75) is 31.4 Å². The van der Waals surface area contributed by atoms with E-state index in [9.17, 15) is 9.90 Å². The molecular weight excluding hydrogens is 377 g/mol. The molecule has 1 fully saturated rings. The van der Waals surface area contributed by atoms with Crippen LogP contribution in [0.4, 0.5) is 0 Å². The lowest BCUT2D eigenvalue weighted by molar-refractivity contribution is -0.00866. The van der Waals surface area contributed by atoms with E-state index in [1.807, 2.05) is 24.3 Å². The van der Waals surface area contributed by atoms with E-state index in [0.29, 0.717) is 37.4 Å². The molecule has 2 aromatic rings. The fraction of sp³-hybridized carbons (Fsp3) is 0.471. The molecule has 3 rings (SSSR count). The fourth-order valence-corrected chi connectivity index (χ4v) is 3.02. The van der Waals surface area contributed by atoms with Gasteiger partial charge in [0.25, 0.3) is 5.91 Å². The summed E-state index contributed by atoms with van der Waals surface area (Å²) in [6, 6.07) is 7.53. The van der Waals surface area contributed by atoms with Crippen LogP contribution in [-0.2, 0) is 13.0 Å². The Kier molecular flexibility index (Phi) is 7.40. The second-order valence-corrected chi connectivity index (χ2v) is 6.84. The zero-order valence-corrected chi connectivity index (χ0v) is 15.9. The number of halogens is 2. The number of benzene rings is 1. The molecule has 0 radical (unpaired) electrons. The van der Waals surface area contributed by atoms with Crippen molar-refractivity contribution >= 4 is 29.9 Å². The minimum absolute atomic E-state index is 0. The van der Waals surface area contributed by atoms with Crippen LogP contribution < -0.4 is 10.6 Å². The highest BCUT2D eigenvalue weighted by molar-refractivity contribution is 6.30. The van der Waals surface area contributed by atoms with Crippen LogP contribution in [0.2, 0.25) is 5.02 Å². The Morgan fingerprint density at radius 2 is 2.00 bits per heavy atom. The summed E-state index contributed by atoms with van der Waals surface area (Å²) in [5, 5.41) is 25.1. The largest absolute Gasteiger partial charge is 0.388 e. The Morgan fingerprint density at radius 3 is 2.69 bits per heavy atom. The van der Waals surface area contributed by atoms with Gasteiger partial charge in [-0.15, -0.1) is 17.5 Å². The van der Waals surface area contributed by atoms with Crippen molar-refractivity contribution in [1.82, 2.24) is 25.6 Å². The molecule has 1 amide bonds. The molecule has 1 saturated heterocycles. The van der Waals surface area contributed by atoms with Crippen molar-refractivity contribution in [3.8, 4) is 0 Å². The second kappa shape index (κ2) is 9.32. The summed E-state index contributed by atoms with van der Waals surface area (Å²) in [6.45, 7) is 2.41. The van der Waals surface area contributed by atoms with Crippen molar-refractivity contribution in [2.24, 2.45) is 0 Å². The minimum Gasteiger partial charge on any atom is -0.388 e. The number of aliphatic hydroxyl groups is 1. The third-order valence-corrected chi connectivity index (χ3v) is 4.63. The maximum Gasteiger partial charge on any atom is 0.273 e. The van der Waals surface area contributed by atoms with Crippen LogP contribution in [0.1, 0.15) is 28.9 Å². The Bertz CT molecular complexity index is 714. The van der Waals surface area contributed by atoms with E-state index in [2.05, 4.69) is 20.9 Å². The van der Waals surface area contributed by atoms with Crippen molar-refractivity contribution in [1.29, 1.82) is 0 Å². The summed E-state index contributed by atoms with van der Waals surface area (Å²) < 4.78 is 1.54. The summed E-state index contributed by atoms with van der Waals surface area (Å²) in [4.78, 5) is 12.2. The van der Waals surface area contributed by atoms with E-state index in [1.54, 1.807) is 10.9 Å². The Balaban J connectivity index is 0.00000243. The van der Waals surface area contributed by atoms with Crippen LogP contribution in [0, 0.1) is 0 Å². The van der Waals surface area contributed by atoms with Gasteiger partial charge in [-0.3, -0.25) is 4.79 Å². The monoisotopic (exact) mass is 399 g/mol. The Labute approximate surface area is 163 Å². The van der Waals surface area contributed by atoms with Crippen molar-refractivity contribution in [2.75, 3.05) is 19.6 Å². The number of carbonyl (C=O) groups is 1. The number of hydrogen-bond donors (Lipinski definition) is 3. The minimum atomic E-state index is -0.790. The van der Waals surface area contributed by atoms with Gasteiger partial charge in [0, 0.05) is 11.6 Å². The molecule has 3 N–H and O–H groups in total. The Hall–Kier alpha value is -1.67. The normalized spacial score (nSPS) is 15.9. The van der Waals surface area contributed by atoms with Crippen LogP contribution in [0.5, 0.6) is 0 Å². The number of hydrogen-bond acceptors (Lipinski definition) is 5. The first-order valence-electron chi connectivity index (χ1n) is 8.40. The van der Waals surface area contributed by atoms with Gasteiger partial charge in [0.2, 0.25) is 0 Å². The van der Waals surface area contributed by atoms with Gasteiger partial charge < -0.3 is 15.7 Å². The van der Waals surface area contributed by atoms with Crippen LogP contribution in [0.3, 0.4) is 0 Å². The number of carbonyl (C=O) groups excluding carboxylic acids is 1. The summed E-state index contributed by atoms with van der Waals surface area (Å²) >= 11 is 5.85. The molecule has 0 spiro atoms. The maximum absolute atomic E-state index is 12.2. The number of amides is 1. The molecule has 0 atom stereocenters. The van der Waals surface area contributed by atoms with Crippen LogP contribution in [-0.4, -0.2) is 51.2 Å². The van der Waals surface area contributed by atoms with Gasteiger partial charge in [-0.05, 0) is 50.0 Å². The van der Waals surface area contributed by atoms with Crippen LogP contribution >= 0.6 is 24.0 Å². The Morgan fingerprint density at radius 1 is 1.31 bits per heavy atom. The molecular formula is C17H23Cl2N5O2. The van der Waals surface area contributed by atoms with Gasteiger partial charge >= 0.3 is 0 Å². The third-order valence-electron chi connectivity index (χ3n) is 4.37. The molecule has 0 bridgehead atoms. The zero-order chi connectivity index (χ0) is 17.7. The molecule has 1 aromatic carbocycles. The van der Waals surface area contributed by atoms with Crippen molar-refractivity contribution in [3.63, 3.8) is 0 Å². The summed E-state index contributed by atoms with van der Waals surface area (Å²) in [7, 11) is 0. The van der Waals surface area contributed by atoms with E-state index >= 15 is 0 Å². The molecule has 1 aliphatic heterocycles. The van der Waals surface area contributed by atoms with Gasteiger partial charge in [0.05, 0.1) is 18.3 Å². The first kappa shape index (κ1) is 20.6. The standard InChI is InChI=1S/C17H22ClN5O2.ClH/c18-14-3-1-13(2-4-14)5-8-20-16(24)15-11-23(22-21-15)12-17(25)6-9-19-10-7-17;/h1-4,11,19,25H,5-10,12H2,(H,20,24);1H. The molecule has 2 heterocycles. The highest BCUT2D eigenvalue weighted by Crippen LogP contribution is 2.19. The third kappa shape index (κ3) is 5.67. The fourth-order valence-electron chi connectivity index (χ4n) is 2.89. The molecule has 142 valence electrons. The van der Waals surface area contributed by atoms with E-state index in [4.69, 9.17) is 11.6 Å². The number of nitrogens with zero attached hydrogens (tertiary/aromatic N) is 3. The van der Waals surface area contributed by atoms with Gasteiger partial charge in [-0.1, -0.05) is 28.9 Å². The molecule has 0 aliphatic carbocycles. The molecule has 1 aliphatic rings. The van der Waals surface area contributed by atoms with Gasteiger partial charge in [0.1, 0.15) is 0 Å². The first-order valence-corrected chi connectivity index (χ1v) is 8.78. The first-order chi connectivity index (χ1) is 12.0. The van der Waals surface area contributed by atoms with Gasteiger partial charge in [0.15, 0.2) is 5.69 Å². The molecule has 7 nitrogen and oxygen atoms in total.